The summed E-state index contributed by atoms with van der Waals surface area (Å²) in [6, 6.07) is 9.74. The molecule has 0 radical (unpaired) electrons. The topological polar surface area (TPSA) is 61.8 Å². The number of allylic oxidation sites excluding steroid dienone is 1. The SMILES string of the molecule is C=CCc1cc(C=O)cc(OC)c1OC(=O)c1ccc(OC)cc1. The molecule has 0 N–H and O–H groups in total. The van der Waals surface area contributed by atoms with Crippen LogP contribution in [-0.4, -0.2) is 26.5 Å². The van der Waals surface area contributed by atoms with Crippen LogP contribution in [0.2, 0.25) is 0 Å². The lowest BCUT2D eigenvalue weighted by Crippen LogP contribution is -2.11. The second-order valence-electron chi connectivity index (χ2n) is 4.94. The van der Waals surface area contributed by atoms with Crippen molar-refractivity contribution in [2.45, 2.75) is 6.42 Å². The van der Waals surface area contributed by atoms with Gasteiger partial charge in [0, 0.05) is 11.1 Å². The van der Waals surface area contributed by atoms with E-state index >= 15 is 0 Å². The fourth-order valence-corrected chi connectivity index (χ4v) is 2.20. The summed E-state index contributed by atoms with van der Waals surface area (Å²) in [4.78, 5) is 23.4. The van der Waals surface area contributed by atoms with Crippen molar-refractivity contribution in [1.82, 2.24) is 0 Å². The van der Waals surface area contributed by atoms with E-state index in [1.807, 2.05) is 0 Å². The Morgan fingerprint density at radius 3 is 2.38 bits per heavy atom. The normalized spacial score (nSPS) is 9.92. The fraction of sp³-hybridized carbons (Fsp3) is 0.158. The molecule has 0 aliphatic heterocycles. The van der Waals surface area contributed by atoms with Gasteiger partial charge >= 0.3 is 5.97 Å². The standard InChI is InChI=1S/C19H18O5/c1-4-5-15-10-13(12-20)11-17(23-3)18(15)24-19(21)14-6-8-16(22-2)9-7-14/h4,6-12H,1,5H2,2-3H3. The van der Waals surface area contributed by atoms with Crippen molar-refractivity contribution in [2.24, 2.45) is 0 Å². The number of carbonyl (C=O) groups is 2. The Hall–Kier alpha value is -3.08. The van der Waals surface area contributed by atoms with Crippen LogP contribution in [0.15, 0.2) is 49.1 Å². The van der Waals surface area contributed by atoms with Gasteiger partial charge in [-0.05, 0) is 42.8 Å². The van der Waals surface area contributed by atoms with Gasteiger partial charge in [-0.2, -0.15) is 0 Å². The molecule has 2 aromatic carbocycles. The van der Waals surface area contributed by atoms with Gasteiger partial charge in [0.2, 0.25) is 0 Å². The molecular weight excluding hydrogens is 308 g/mol. The van der Waals surface area contributed by atoms with E-state index in [9.17, 15) is 9.59 Å². The first kappa shape index (κ1) is 17.3. The van der Waals surface area contributed by atoms with Gasteiger partial charge in [0.1, 0.15) is 12.0 Å². The number of esters is 1. The van der Waals surface area contributed by atoms with Gasteiger partial charge in [-0.15, -0.1) is 6.58 Å². The molecule has 0 unspecified atom stereocenters. The third kappa shape index (κ3) is 3.81. The summed E-state index contributed by atoms with van der Waals surface area (Å²) < 4.78 is 15.8. The van der Waals surface area contributed by atoms with Crippen LogP contribution >= 0.6 is 0 Å². The van der Waals surface area contributed by atoms with Crippen LogP contribution in [0.5, 0.6) is 17.2 Å². The molecule has 0 aliphatic rings. The summed E-state index contributed by atoms with van der Waals surface area (Å²) >= 11 is 0. The van der Waals surface area contributed by atoms with Gasteiger partial charge < -0.3 is 14.2 Å². The number of rotatable bonds is 7. The Bertz CT molecular complexity index is 747. The molecule has 5 heteroatoms. The molecule has 0 heterocycles. The first-order valence-corrected chi connectivity index (χ1v) is 7.26. The van der Waals surface area contributed by atoms with Crippen molar-refractivity contribution < 1.29 is 23.8 Å². The van der Waals surface area contributed by atoms with E-state index < -0.39 is 5.97 Å². The smallest absolute Gasteiger partial charge is 0.343 e. The highest BCUT2D eigenvalue weighted by atomic mass is 16.6. The second-order valence-corrected chi connectivity index (χ2v) is 4.94. The van der Waals surface area contributed by atoms with E-state index in [1.54, 1.807) is 43.5 Å². The van der Waals surface area contributed by atoms with Crippen molar-refractivity contribution in [3.63, 3.8) is 0 Å². The number of ether oxygens (including phenoxy) is 3. The van der Waals surface area contributed by atoms with Crippen LogP contribution < -0.4 is 14.2 Å². The molecule has 0 atom stereocenters. The fourth-order valence-electron chi connectivity index (χ4n) is 2.20. The van der Waals surface area contributed by atoms with E-state index in [4.69, 9.17) is 14.2 Å². The summed E-state index contributed by atoms with van der Waals surface area (Å²) in [5.41, 5.74) is 1.46. The minimum absolute atomic E-state index is 0.281. The monoisotopic (exact) mass is 326 g/mol. The summed E-state index contributed by atoms with van der Waals surface area (Å²) in [6.07, 6.45) is 2.81. The molecule has 0 saturated heterocycles. The third-order valence-electron chi connectivity index (χ3n) is 3.39. The molecule has 0 spiro atoms. The quantitative estimate of drug-likeness (QED) is 0.337. The zero-order chi connectivity index (χ0) is 17.5. The zero-order valence-corrected chi connectivity index (χ0v) is 13.6. The number of methoxy groups -OCH3 is 2. The van der Waals surface area contributed by atoms with Crippen molar-refractivity contribution in [3.05, 3.63) is 65.7 Å². The predicted molar refractivity (Wildman–Crippen MR) is 90.2 cm³/mol. The third-order valence-corrected chi connectivity index (χ3v) is 3.39. The van der Waals surface area contributed by atoms with E-state index in [0.29, 0.717) is 40.9 Å². The van der Waals surface area contributed by atoms with E-state index in [1.165, 1.54) is 13.2 Å². The highest BCUT2D eigenvalue weighted by Crippen LogP contribution is 2.34. The van der Waals surface area contributed by atoms with Gasteiger partial charge in [0.15, 0.2) is 11.5 Å². The van der Waals surface area contributed by atoms with Crippen molar-refractivity contribution in [2.75, 3.05) is 14.2 Å². The van der Waals surface area contributed by atoms with Gasteiger partial charge in [0.25, 0.3) is 0 Å². The Labute approximate surface area is 140 Å². The minimum Gasteiger partial charge on any atom is -0.497 e. The molecule has 0 amide bonds. The van der Waals surface area contributed by atoms with Crippen molar-refractivity contribution in [3.8, 4) is 17.2 Å². The van der Waals surface area contributed by atoms with Crippen LogP contribution in [0, 0.1) is 0 Å². The first-order valence-electron chi connectivity index (χ1n) is 7.26. The molecule has 2 rings (SSSR count). The summed E-state index contributed by atoms with van der Waals surface area (Å²) in [5, 5.41) is 0. The Kier molecular flexibility index (Phi) is 5.73. The number of hydrogen-bond donors (Lipinski definition) is 0. The Morgan fingerprint density at radius 2 is 1.83 bits per heavy atom. The molecule has 124 valence electrons. The molecule has 0 fully saturated rings. The van der Waals surface area contributed by atoms with Gasteiger partial charge in [-0.25, -0.2) is 4.79 Å². The predicted octanol–water partition coefficient (Wildman–Crippen LogP) is 3.46. The molecule has 5 nitrogen and oxygen atoms in total. The average Bonchev–Trinajstić information content (AvgIpc) is 2.63. The first-order chi connectivity index (χ1) is 11.6. The number of benzene rings is 2. The summed E-state index contributed by atoms with van der Waals surface area (Å²) in [6.45, 7) is 3.68. The largest absolute Gasteiger partial charge is 0.497 e. The molecule has 0 aliphatic carbocycles. The maximum Gasteiger partial charge on any atom is 0.343 e. The maximum absolute atomic E-state index is 12.4. The van der Waals surface area contributed by atoms with Gasteiger partial charge in [-0.1, -0.05) is 6.08 Å². The second kappa shape index (κ2) is 7.97. The van der Waals surface area contributed by atoms with Crippen LogP contribution in [0.4, 0.5) is 0 Å². The Morgan fingerprint density at radius 1 is 1.12 bits per heavy atom. The number of aldehydes is 1. The van der Waals surface area contributed by atoms with Crippen LogP contribution in [0.25, 0.3) is 0 Å². The minimum atomic E-state index is -0.528. The Balaban J connectivity index is 2.37. The van der Waals surface area contributed by atoms with E-state index in [2.05, 4.69) is 6.58 Å². The summed E-state index contributed by atoms with van der Waals surface area (Å²) in [7, 11) is 3.00. The molecular formula is C19H18O5. The molecule has 2 aromatic rings. The van der Waals surface area contributed by atoms with E-state index in [-0.39, 0.29) is 5.75 Å². The lowest BCUT2D eigenvalue weighted by atomic mass is 10.1. The molecule has 0 bridgehead atoms. The highest BCUT2D eigenvalue weighted by Gasteiger charge is 2.17. The zero-order valence-electron chi connectivity index (χ0n) is 13.6. The van der Waals surface area contributed by atoms with Crippen LogP contribution in [0.1, 0.15) is 26.3 Å². The van der Waals surface area contributed by atoms with Crippen molar-refractivity contribution in [1.29, 1.82) is 0 Å². The maximum atomic E-state index is 12.4. The van der Waals surface area contributed by atoms with Gasteiger partial charge in [0.05, 0.1) is 19.8 Å². The molecule has 24 heavy (non-hydrogen) atoms. The molecule has 0 aromatic heterocycles. The highest BCUT2D eigenvalue weighted by molar-refractivity contribution is 5.92. The lowest BCUT2D eigenvalue weighted by Gasteiger charge is -2.14. The number of carbonyl (C=O) groups excluding carboxylic acids is 2. The van der Waals surface area contributed by atoms with E-state index in [0.717, 1.165) is 0 Å². The van der Waals surface area contributed by atoms with Gasteiger partial charge in [-0.3, -0.25) is 4.79 Å². The van der Waals surface area contributed by atoms with Crippen molar-refractivity contribution >= 4 is 12.3 Å². The number of hydrogen-bond acceptors (Lipinski definition) is 5. The molecule has 0 saturated carbocycles. The van der Waals surface area contributed by atoms with Crippen LogP contribution in [-0.2, 0) is 6.42 Å². The average molecular weight is 326 g/mol. The summed E-state index contributed by atoms with van der Waals surface area (Å²) in [5.74, 6) is 0.717. The van der Waals surface area contributed by atoms with Crippen LogP contribution in [0.3, 0.4) is 0 Å². The lowest BCUT2D eigenvalue weighted by molar-refractivity contribution is 0.0728.